The number of aromatic nitrogens is 1. The molecule has 0 bridgehead atoms. The summed E-state index contributed by atoms with van der Waals surface area (Å²) in [4.78, 5) is 31.1. The zero-order valence-electron chi connectivity index (χ0n) is 5.70. The number of carboxylic acid groups (broad SMARTS) is 1. The molecule has 3 N–H and O–H groups in total. The molecule has 0 aliphatic carbocycles. The Balaban J connectivity index is 3.12. The standard InChI is InChI=1S/C5H6N2O4/c1-5(6,4(10)11)7-2(8)3(7)9/h6H2,1H3,(H,10,11). The number of carbonyl (C=O) groups is 1. The minimum Gasteiger partial charge on any atom is -0.478 e. The van der Waals surface area contributed by atoms with Gasteiger partial charge in [0.1, 0.15) is 0 Å². The van der Waals surface area contributed by atoms with Crippen LogP contribution < -0.4 is 16.9 Å². The Labute approximate surface area is 60.5 Å². The van der Waals surface area contributed by atoms with E-state index < -0.39 is 22.8 Å². The van der Waals surface area contributed by atoms with E-state index in [9.17, 15) is 14.4 Å². The molecule has 1 unspecified atom stereocenters. The molecule has 0 saturated heterocycles. The first-order chi connectivity index (χ1) is 4.89. The van der Waals surface area contributed by atoms with Crippen molar-refractivity contribution in [3.63, 3.8) is 0 Å². The van der Waals surface area contributed by atoms with Crippen LogP contribution >= 0.6 is 0 Å². The van der Waals surface area contributed by atoms with Crippen LogP contribution in [0, 0.1) is 0 Å². The predicted molar refractivity (Wildman–Crippen MR) is 34.8 cm³/mol. The molecule has 0 amide bonds. The Morgan fingerprint density at radius 3 is 2.00 bits per heavy atom. The zero-order chi connectivity index (χ0) is 8.81. The van der Waals surface area contributed by atoms with Crippen LogP contribution in [-0.4, -0.2) is 15.6 Å². The Morgan fingerprint density at radius 2 is 1.91 bits per heavy atom. The Hall–Kier alpha value is -1.43. The Morgan fingerprint density at radius 1 is 1.55 bits per heavy atom. The van der Waals surface area contributed by atoms with Crippen molar-refractivity contribution in [1.29, 1.82) is 0 Å². The van der Waals surface area contributed by atoms with Gasteiger partial charge in [0.25, 0.3) is 0 Å². The topological polar surface area (TPSA) is 102 Å². The van der Waals surface area contributed by atoms with Crippen molar-refractivity contribution in [2.24, 2.45) is 5.73 Å². The van der Waals surface area contributed by atoms with Gasteiger partial charge in [-0.3, -0.25) is 15.3 Å². The fraction of sp³-hybridized carbons (Fsp3) is 0.400. The van der Waals surface area contributed by atoms with E-state index in [1.165, 1.54) is 0 Å². The zero-order valence-corrected chi connectivity index (χ0v) is 5.70. The monoisotopic (exact) mass is 158 g/mol. The first-order valence-electron chi connectivity index (χ1n) is 2.80. The molecule has 1 heterocycles. The summed E-state index contributed by atoms with van der Waals surface area (Å²) < 4.78 is 0.495. The van der Waals surface area contributed by atoms with E-state index in [2.05, 4.69) is 0 Å². The molecule has 0 aromatic carbocycles. The summed E-state index contributed by atoms with van der Waals surface area (Å²) in [5.41, 5.74) is 1.54. The molecule has 0 aliphatic rings. The highest BCUT2D eigenvalue weighted by atomic mass is 16.4. The molecule has 0 saturated carbocycles. The molecule has 60 valence electrons. The van der Waals surface area contributed by atoms with Gasteiger partial charge >= 0.3 is 17.1 Å². The molecular weight excluding hydrogens is 152 g/mol. The molecule has 6 nitrogen and oxygen atoms in total. The third kappa shape index (κ3) is 0.874. The molecule has 1 aromatic rings. The molecule has 1 rings (SSSR count). The number of hydrogen-bond acceptors (Lipinski definition) is 4. The number of rotatable bonds is 2. The van der Waals surface area contributed by atoms with Gasteiger partial charge in [0, 0.05) is 0 Å². The van der Waals surface area contributed by atoms with Gasteiger partial charge in [0.05, 0.1) is 0 Å². The molecule has 0 radical (unpaired) electrons. The summed E-state index contributed by atoms with van der Waals surface area (Å²) in [7, 11) is 0. The number of aliphatic carboxylic acids is 1. The van der Waals surface area contributed by atoms with Crippen molar-refractivity contribution in [3.8, 4) is 0 Å². The average Bonchev–Trinajstić information content (AvgIpc) is 2.41. The molecule has 11 heavy (non-hydrogen) atoms. The maximum Gasteiger partial charge on any atom is 0.344 e. The minimum absolute atomic E-state index is 0.495. The number of nitrogens with two attached hydrogens (primary N) is 1. The lowest BCUT2D eigenvalue weighted by molar-refractivity contribution is -0.146. The first kappa shape index (κ1) is 7.67. The third-order valence-corrected chi connectivity index (χ3v) is 1.44. The smallest absolute Gasteiger partial charge is 0.344 e. The normalized spacial score (nSPS) is 16.5. The highest BCUT2D eigenvalue weighted by Crippen LogP contribution is 2.02. The lowest BCUT2D eigenvalue weighted by Gasteiger charge is -2.13. The van der Waals surface area contributed by atoms with E-state index >= 15 is 0 Å². The predicted octanol–water partition coefficient (Wildman–Crippen LogP) is -2.20. The highest BCUT2D eigenvalue weighted by Gasteiger charge is 2.39. The van der Waals surface area contributed by atoms with E-state index in [0.29, 0.717) is 4.57 Å². The summed E-state index contributed by atoms with van der Waals surface area (Å²) >= 11 is 0. The third-order valence-electron chi connectivity index (χ3n) is 1.44. The fourth-order valence-corrected chi connectivity index (χ4v) is 0.652. The van der Waals surface area contributed by atoms with Crippen LogP contribution in [0.4, 0.5) is 0 Å². The molecule has 1 aromatic heterocycles. The second-order valence-electron chi connectivity index (χ2n) is 2.40. The maximum absolute atomic E-state index is 10.4. The fourth-order valence-electron chi connectivity index (χ4n) is 0.652. The summed E-state index contributed by atoms with van der Waals surface area (Å²) in [6, 6.07) is 0. The average molecular weight is 158 g/mol. The SMILES string of the molecule is CC(N)(C(=O)O)n1c(=O)c1=O. The summed E-state index contributed by atoms with van der Waals surface area (Å²) in [6.07, 6.45) is 0. The van der Waals surface area contributed by atoms with E-state index in [-0.39, 0.29) is 0 Å². The second kappa shape index (κ2) is 1.79. The van der Waals surface area contributed by atoms with E-state index in [4.69, 9.17) is 10.8 Å². The molecule has 6 heteroatoms. The van der Waals surface area contributed by atoms with Crippen LogP contribution in [0.3, 0.4) is 0 Å². The van der Waals surface area contributed by atoms with Gasteiger partial charge in [-0.1, -0.05) is 0 Å². The highest BCUT2D eigenvalue weighted by molar-refractivity contribution is 5.75. The molecular formula is C5H6N2O4. The first-order valence-corrected chi connectivity index (χ1v) is 2.80. The van der Waals surface area contributed by atoms with Crippen LogP contribution in [0.1, 0.15) is 6.92 Å². The molecule has 0 spiro atoms. The van der Waals surface area contributed by atoms with Crippen molar-refractivity contribution in [3.05, 3.63) is 20.7 Å². The van der Waals surface area contributed by atoms with Crippen molar-refractivity contribution in [1.82, 2.24) is 4.57 Å². The molecule has 0 aliphatic heterocycles. The van der Waals surface area contributed by atoms with Crippen molar-refractivity contribution < 1.29 is 9.90 Å². The van der Waals surface area contributed by atoms with Gasteiger partial charge in [-0.25, -0.2) is 9.36 Å². The molecule has 1 atom stereocenters. The van der Waals surface area contributed by atoms with Gasteiger partial charge in [-0.2, -0.15) is 0 Å². The van der Waals surface area contributed by atoms with E-state index in [1.54, 1.807) is 0 Å². The Bertz CT molecular complexity index is 343. The lowest BCUT2D eigenvalue weighted by Crippen LogP contribution is -2.47. The summed E-state index contributed by atoms with van der Waals surface area (Å²) in [6.45, 7) is 1.08. The lowest BCUT2D eigenvalue weighted by atomic mass is 10.2. The number of carboxylic acids is 1. The van der Waals surface area contributed by atoms with Crippen LogP contribution in [-0.2, 0) is 10.5 Å². The van der Waals surface area contributed by atoms with Crippen LogP contribution in [0.5, 0.6) is 0 Å². The summed E-state index contributed by atoms with van der Waals surface area (Å²) in [5.74, 6) is -1.41. The van der Waals surface area contributed by atoms with Gasteiger partial charge in [-0.15, -0.1) is 0 Å². The van der Waals surface area contributed by atoms with E-state index in [1.807, 2.05) is 0 Å². The Kier molecular flexibility index (Phi) is 1.25. The van der Waals surface area contributed by atoms with Gasteiger partial charge in [-0.05, 0) is 6.92 Å². The van der Waals surface area contributed by atoms with Crippen molar-refractivity contribution in [2.45, 2.75) is 12.6 Å². The van der Waals surface area contributed by atoms with Crippen LogP contribution in [0.15, 0.2) is 9.59 Å². The number of hydrogen-bond donors (Lipinski definition) is 2. The second-order valence-corrected chi connectivity index (χ2v) is 2.40. The summed E-state index contributed by atoms with van der Waals surface area (Å²) in [5, 5.41) is 8.42. The quantitative estimate of drug-likeness (QED) is 0.475. The van der Waals surface area contributed by atoms with Crippen molar-refractivity contribution in [2.75, 3.05) is 0 Å². The van der Waals surface area contributed by atoms with Crippen molar-refractivity contribution >= 4 is 5.97 Å². The molecule has 0 fully saturated rings. The minimum atomic E-state index is -1.89. The van der Waals surface area contributed by atoms with Crippen LogP contribution in [0.25, 0.3) is 0 Å². The largest absolute Gasteiger partial charge is 0.478 e. The van der Waals surface area contributed by atoms with Gasteiger partial charge in [0.2, 0.25) is 0 Å². The van der Waals surface area contributed by atoms with Gasteiger partial charge in [0.15, 0.2) is 5.66 Å². The van der Waals surface area contributed by atoms with Gasteiger partial charge < -0.3 is 5.11 Å². The number of nitrogens with zero attached hydrogens (tertiary/aromatic N) is 1. The maximum atomic E-state index is 10.4. The van der Waals surface area contributed by atoms with Crippen LogP contribution in [0.2, 0.25) is 0 Å². The van der Waals surface area contributed by atoms with E-state index in [0.717, 1.165) is 6.92 Å².